The van der Waals surface area contributed by atoms with Gasteiger partial charge in [-0.1, -0.05) is 17.7 Å². The van der Waals surface area contributed by atoms with Gasteiger partial charge in [-0.25, -0.2) is 13.2 Å². The largest absolute Gasteiger partial charge is 0.419 e. The van der Waals surface area contributed by atoms with Gasteiger partial charge < -0.3 is 16.0 Å². The first-order chi connectivity index (χ1) is 19.4. The SMILES string of the molecule is CC(=O)Nc1cc(NC(=O)c2cc(NC(=O)[C@H]3[C@H](c4ccc(F)c(C(F)(F)F)c4)C3(Cl)Cl)ccc2Cl)c(F)c(C)c1F. The van der Waals surface area contributed by atoms with Crippen LogP contribution in [0.1, 0.15) is 39.9 Å². The number of carbonyl (C=O) groups excluding carboxylic acids is 3. The Kier molecular flexibility index (Phi) is 8.47. The number of rotatable bonds is 6. The number of halogens is 9. The highest BCUT2D eigenvalue weighted by atomic mass is 35.5. The van der Waals surface area contributed by atoms with Gasteiger partial charge in [0, 0.05) is 24.1 Å². The van der Waals surface area contributed by atoms with Crippen molar-refractivity contribution >= 4 is 69.6 Å². The van der Waals surface area contributed by atoms with Gasteiger partial charge in [0.2, 0.25) is 11.8 Å². The third-order valence-corrected chi connectivity index (χ3v) is 7.72. The Morgan fingerprint density at radius 2 is 1.50 bits per heavy atom. The van der Waals surface area contributed by atoms with Crippen LogP contribution in [0.2, 0.25) is 5.02 Å². The van der Waals surface area contributed by atoms with E-state index < -0.39 is 74.3 Å². The van der Waals surface area contributed by atoms with Crippen molar-refractivity contribution < 1.29 is 40.7 Å². The molecule has 3 aromatic rings. The van der Waals surface area contributed by atoms with Crippen LogP contribution in [0.5, 0.6) is 0 Å². The molecule has 42 heavy (non-hydrogen) atoms. The van der Waals surface area contributed by atoms with E-state index in [4.69, 9.17) is 34.8 Å². The minimum absolute atomic E-state index is 0.00545. The highest BCUT2D eigenvalue weighted by Gasteiger charge is 2.67. The van der Waals surface area contributed by atoms with E-state index >= 15 is 0 Å². The molecule has 1 fully saturated rings. The van der Waals surface area contributed by atoms with Crippen molar-refractivity contribution in [3.63, 3.8) is 0 Å². The molecule has 0 saturated heterocycles. The smallest absolute Gasteiger partial charge is 0.326 e. The van der Waals surface area contributed by atoms with Crippen LogP contribution >= 0.6 is 34.8 Å². The Morgan fingerprint density at radius 1 is 0.881 bits per heavy atom. The molecule has 0 radical (unpaired) electrons. The summed E-state index contributed by atoms with van der Waals surface area (Å²) >= 11 is 18.6. The van der Waals surface area contributed by atoms with E-state index in [1.807, 2.05) is 0 Å². The first-order valence-electron chi connectivity index (χ1n) is 11.9. The lowest BCUT2D eigenvalue weighted by molar-refractivity contribution is -0.140. The first-order valence-corrected chi connectivity index (χ1v) is 13.0. The van der Waals surface area contributed by atoms with Crippen LogP contribution in [0.25, 0.3) is 0 Å². The highest BCUT2D eigenvalue weighted by Crippen LogP contribution is 2.65. The zero-order chi connectivity index (χ0) is 31.3. The van der Waals surface area contributed by atoms with E-state index in [0.29, 0.717) is 12.1 Å². The van der Waals surface area contributed by atoms with Crippen molar-refractivity contribution in [1.29, 1.82) is 0 Å². The second-order valence-corrected chi connectivity index (χ2v) is 11.3. The molecule has 1 aliphatic carbocycles. The van der Waals surface area contributed by atoms with Crippen LogP contribution in [-0.2, 0) is 15.8 Å². The molecule has 3 aromatic carbocycles. The van der Waals surface area contributed by atoms with Crippen molar-refractivity contribution in [2.75, 3.05) is 16.0 Å². The molecular weight excluding hydrogens is 635 g/mol. The molecule has 6 nitrogen and oxygen atoms in total. The summed E-state index contributed by atoms with van der Waals surface area (Å²) in [6.07, 6.45) is -4.99. The Balaban J connectivity index is 1.55. The summed E-state index contributed by atoms with van der Waals surface area (Å²) < 4.78 is 80.4. The topological polar surface area (TPSA) is 87.3 Å². The van der Waals surface area contributed by atoms with Gasteiger partial charge in [-0.05, 0) is 48.9 Å². The van der Waals surface area contributed by atoms with Gasteiger partial charge in [-0.3, -0.25) is 14.4 Å². The number of alkyl halides is 5. The molecule has 0 aromatic heterocycles. The predicted molar refractivity (Wildman–Crippen MR) is 146 cm³/mol. The molecule has 0 unspecified atom stereocenters. The summed E-state index contributed by atoms with van der Waals surface area (Å²) in [4.78, 5) is 37.3. The lowest BCUT2D eigenvalue weighted by atomic mass is 10.0. The van der Waals surface area contributed by atoms with Gasteiger partial charge in [0.25, 0.3) is 5.91 Å². The average Bonchev–Trinajstić information content (AvgIpc) is 3.47. The van der Waals surface area contributed by atoms with E-state index in [1.54, 1.807) is 0 Å². The Hall–Kier alpha value is -3.48. The van der Waals surface area contributed by atoms with Crippen LogP contribution in [0.3, 0.4) is 0 Å². The normalized spacial score (nSPS) is 17.4. The van der Waals surface area contributed by atoms with Crippen molar-refractivity contribution in [3.8, 4) is 0 Å². The lowest BCUT2D eigenvalue weighted by Crippen LogP contribution is -2.19. The first kappa shape index (κ1) is 31.5. The van der Waals surface area contributed by atoms with Crippen LogP contribution in [0.4, 0.5) is 43.4 Å². The van der Waals surface area contributed by atoms with Crippen molar-refractivity contribution in [2.45, 2.75) is 30.3 Å². The number of hydrogen-bond acceptors (Lipinski definition) is 3. The summed E-state index contributed by atoms with van der Waals surface area (Å²) in [6, 6.07) is 6.71. The van der Waals surface area contributed by atoms with Crippen LogP contribution in [0.15, 0.2) is 42.5 Å². The number of nitrogens with one attached hydrogen (secondary N) is 3. The zero-order valence-corrected chi connectivity index (χ0v) is 23.6. The molecule has 15 heteroatoms. The Labute approximate surface area is 249 Å². The minimum atomic E-state index is -4.99. The maximum absolute atomic E-state index is 14.7. The minimum Gasteiger partial charge on any atom is -0.326 e. The van der Waals surface area contributed by atoms with Crippen LogP contribution < -0.4 is 16.0 Å². The van der Waals surface area contributed by atoms with E-state index in [-0.39, 0.29) is 27.5 Å². The number of anilines is 3. The fourth-order valence-electron chi connectivity index (χ4n) is 4.35. The standard InChI is InChI=1S/C27H18Cl3F6N3O3/c1-10-22(32)18(37-11(2)40)9-19(23(10)33)39-24(41)14-8-13(4-5-16(14)28)38-25(42)21-20(26(21,29)30)12-3-6-17(31)15(7-12)27(34,35)36/h3-9,20-21H,1-2H3,(H,37,40)(H,38,42)(H,39,41)/t20-,21+/m0/s1. The number of amides is 3. The summed E-state index contributed by atoms with van der Waals surface area (Å²) in [5.74, 6) is -8.43. The quantitative estimate of drug-likeness (QED) is 0.188. The van der Waals surface area contributed by atoms with Gasteiger partial charge in [-0.15, -0.1) is 23.2 Å². The number of benzene rings is 3. The third kappa shape index (κ3) is 6.16. The number of carbonyl (C=O) groups is 3. The second kappa shape index (κ2) is 11.3. The molecule has 3 N–H and O–H groups in total. The predicted octanol–water partition coefficient (Wildman–Crippen LogP) is 7.82. The zero-order valence-electron chi connectivity index (χ0n) is 21.3. The maximum Gasteiger partial charge on any atom is 0.419 e. The Morgan fingerprint density at radius 3 is 2.10 bits per heavy atom. The summed E-state index contributed by atoms with van der Waals surface area (Å²) in [7, 11) is 0. The van der Waals surface area contributed by atoms with Crippen molar-refractivity contribution in [2.24, 2.45) is 5.92 Å². The van der Waals surface area contributed by atoms with Crippen LogP contribution in [0, 0.1) is 30.3 Å². The molecule has 0 aliphatic heterocycles. The van der Waals surface area contributed by atoms with Gasteiger partial charge >= 0.3 is 6.18 Å². The maximum atomic E-state index is 14.7. The lowest BCUT2D eigenvalue weighted by Gasteiger charge is -2.14. The van der Waals surface area contributed by atoms with E-state index in [2.05, 4.69) is 16.0 Å². The molecule has 1 aliphatic rings. The van der Waals surface area contributed by atoms with E-state index in [9.17, 15) is 40.7 Å². The van der Waals surface area contributed by atoms with Crippen LogP contribution in [-0.4, -0.2) is 22.1 Å². The van der Waals surface area contributed by atoms with Gasteiger partial charge in [0.1, 0.15) is 10.2 Å². The summed E-state index contributed by atoms with van der Waals surface area (Å²) in [5, 5.41) is 6.75. The number of hydrogen-bond donors (Lipinski definition) is 3. The summed E-state index contributed by atoms with van der Waals surface area (Å²) in [5.41, 5.74) is -3.23. The van der Waals surface area contributed by atoms with Crippen molar-refractivity contribution in [3.05, 3.63) is 87.2 Å². The van der Waals surface area contributed by atoms with Gasteiger partial charge in [-0.2, -0.15) is 13.2 Å². The molecule has 222 valence electrons. The van der Waals surface area contributed by atoms with Crippen molar-refractivity contribution in [1.82, 2.24) is 0 Å². The molecule has 2 atom stereocenters. The second-order valence-electron chi connectivity index (χ2n) is 9.41. The molecule has 0 bridgehead atoms. The molecule has 1 saturated carbocycles. The average molecular weight is 653 g/mol. The molecule has 3 amide bonds. The summed E-state index contributed by atoms with van der Waals surface area (Å²) in [6.45, 7) is 2.21. The fourth-order valence-corrected chi connectivity index (χ4v) is 5.38. The van der Waals surface area contributed by atoms with E-state index in [0.717, 1.165) is 32.0 Å². The molecule has 0 spiro atoms. The van der Waals surface area contributed by atoms with Gasteiger partial charge in [0.15, 0.2) is 11.6 Å². The monoisotopic (exact) mass is 651 g/mol. The Bertz CT molecular complexity index is 1630. The third-order valence-electron chi connectivity index (χ3n) is 6.45. The highest BCUT2D eigenvalue weighted by molar-refractivity contribution is 6.53. The molecular formula is C27H18Cl3F6N3O3. The molecule has 0 heterocycles. The van der Waals surface area contributed by atoms with Gasteiger partial charge in [0.05, 0.1) is 33.4 Å². The molecule has 4 rings (SSSR count). The fraction of sp³-hybridized carbons (Fsp3) is 0.222. The van der Waals surface area contributed by atoms with E-state index in [1.165, 1.54) is 12.1 Å².